The van der Waals surface area contributed by atoms with E-state index in [1.165, 1.54) is 30.6 Å². The number of ether oxygens (including phenoxy) is 1. The van der Waals surface area contributed by atoms with Crippen molar-refractivity contribution in [2.24, 2.45) is 0 Å². The zero-order valence-electron chi connectivity index (χ0n) is 11.0. The third-order valence-corrected chi connectivity index (χ3v) is 3.17. The Bertz CT molecular complexity index is 302. The lowest BCUT2D eigenvalue weighted by molar-refractivity contribution is 0.301. The molecule has 0 aromatic carbocycles. The summed E-state index contributed by atoms with van der Waals surface area (Å²) in [5.74, 6) is 0. The van der Waals surface area contributed by atoms with Crippen LogP contribution in [0.25, 0.3) is 0 Å². The molecule has 1 heterocycles. The summed E-state index contributed by atoms with van der Waals surface area (Å²) in [5.41, 5.74) is 0. The van der Waals surface area contributed by atoms with E-state index in [0.717, 1.165) is 24.6 Å². The topological polar surface area (TPSA) is 47.0 Å². The van der Waals surface area contributed by atoms with Crippen LogP contribution in [0.1, 0.15) is 51.5 Å². The third kappa shape index (κ3) is 6.58. The molecular weight excluding hydrogens is 234 g/mol. The zero-order valence-corrected chi connectivity index (χ0v) is 11.8. The molecule has 5 heteroatoms. The monoisotopic (exact) mass is 257 g/mol. The van der Waals surface area contributed by atoms with Crippen molar-refractivity contribution in [1.82, 2.24) is 15.5 Å². The highest BCUT2D eigenvalue weighted by Crippen LogP contribution is 2.18. The predicted octanol–water partition coefficient (Wildman–Crippen LogP) is 3.00. The van der Waals surface area contributed by atoms with Gasteiger partial charge in [-0.05, 0) is 6.42 Å². The molecule has 0 saturated carbocycles. The Hall–Kier alpha value is -0.680. The molecule has 1 N–H and O–H groups in total. The Morgan fingerprint density at radius 2 is 2.06 bits per heavy atom. The summed E-state index contributed by atoms with van der Waals surface area (Å²) in [6.07, 6.45) is 4.87. The first-order valence-electron chi connectivity index (χ1n) is 6.41. The maximum Gasteiger partial charge on any atom is 0.294 e. The van der Waals surface area contributed by atoms with E-state index in [9.17, 15) is 0 Å². The molecule has 1 aromatic heterocycles. The summed E-state index contributed by atoms with van der Waals surface area (Å²) >= 11 is 1.53. The maximum atomic E-state index is 5.56. The first kappa shape index (κ1) is 14.4. The van der Waals surface area contributed by atoms with Gasteiger partial charge in [0.2, 0.25) is 0 Å². The predicted molar refractivity (Wildman–Crippen MR) is 71.5 cm³/mol. The van der Waals surface area contributed by atoms with Gasteiger partial charge in [-0.25, -0.2) is 0 Å². The molecule has 0 aliphatic heterocycles. The van der Waals surface area contributed by atoms with Gasteiger partial charge in [0.15, 0.2) is 0 Å². The van der Waals surface area contributed by atoms with Crippen LogP contribution >= 0.6 is 11.3 Å². The number of hydrogen-bond donors (Lipinski definition) is 1. The van der Waals surface area contributed by atoms with Gasteiger partial charge in [-0.15, -0.1) is 10.2 Å². The van der Waals surface area contributed by atoms with Crippen LogP contribution < -0.4 is 10.1 Å². The van der Waals surface area contributed by atoms with Crippen molar-refractivity contribution in [2.45, 2.75) is 59.0 Å². The van der Waals surface area contributed by atoms with Crippen LogP contribution in [-0.2, 0) is 6.54 Å². The Kier molecular flexibility index (Phi) is 7.12. The van der Waals surface area contributed by atoms with Gasteiger partial charge in [0, 0.05) is 6.04 Å². The number of nitrogens with one attached hydrogen (secondary N) is 1. The quantitative estimate of drug-likeness (QED) is 0.691. The molecule has 0 aliphatic carbocycles. The number of aromatic nitrogens is 2. The lowest BCUT2D eigenvalue weighted by Gasteiger charge is -2.03. The van der Waals surface area contributed by atoms with Crippen molar-refractivity contribution in [2.75, 3.05) is 6.61 Å². The molecule has 17 heavy (non-hydrogen) atoms. The minimum absolute atomic E-state index is 0.470. The molecule has 1 aromatic rings. The van der Waals surface area contributed by atoms with E-state index < -0.39 is 0 Å². The highest BCUT2D eigenvalue weighted by Gasteiger charge is 2.05. The van der Waals surface area contributed by atoms with Gasteiger partial charge in [0.1, 0.15) is 5.01 Å². The van der Waals surface area contributed by atoms with E-state index in [0.29, 0.717) is 11.2 Å². The second kappa shape index (κ2) is 8.42. The summed E-state index contributed by atoms with van der Waals surface area (Å²) in [6, 6.07) is 0.470. The molecule has 0 unspecified atom stereocenters. The zero-order chi connectivity index (χ0) is 12.5. The van der Waals surface area contributed by atoms with Crippen LogP contribution in [0.2, 0.25) is 0 Å². The lowest BCUT2D eigenvalue weighted by atomic mass is 10.2. The van der Waals surface area contributed by atoms with Crippen molar-refractivity contribution in [3.63, 3.8) is 0 Å². The number of unbranched alkanes of at least 4 members (excludes halogenated alkanes) is 3. The van der Waals surface area contributed by atoms with Crippen molar-refractivity contribution in [3.8, 4) is 5.19 Å². The summed E-state index contributed by atoms with van der Waals surface area (Å²) in [4.78, 5) is 0. The van der Waals surface area contributed by atoms with Gasteiger partial charge in [0.25, 0.3) is 5.19 Å². The molecule has 1 rings (SSSR count). The molecule has 98 valence electrons. The molecule has 0 fully saturated rings. The SMILES string of the molecule is CCCCCCOc1nnc(CNC(C)C)s1. The van der Waals surface area contributed by atoms with Crippen LogP contribution in [0.5, 0.6) is 5.19 Å². The lowest BCUT2D eigenvalue weighted by Crippen LogP contribution is -2.21. The second-order valence-corrected chi connectivity index (χ2v) is 5.43. The van der Waals surface area contributed by atoms with Gasteiger partial charge in [-0.2, -0.15) is 0 Å². The van der Waals surface area contributed by atoms with Crippen LogP contribution in [0.15, 0.2) is 0 Å². The minimum Gasteiger partial charge on any atom is -0.469 e. The number of rotatable bonds is 9. The number of hydrogen-bond acceptors (Lipinski definition) is 5. The van der Waals surface area contributed by atoms with Crippen molar-refractivity contribution in [3.05, 3.63) is 5.01 Å². The molecule has 0 saturated heterocycles. The summed E-state index contributed by atoms with van der Waals surface area (Å²) in [5, 5.41) is 13.1. The average molecular weight is 257 g/mol. The van der Waals surface area contributed by atoms with E-state index >= 15 is 0 Å². The molecule has 0 aliphatic rings. The molecular formula is C12H23N3OS. The van der Waals surface area contributed by atoms with Crippen molar-refractivity contribution >= 4 is 11.3 Å². The van der Waals surface area contributed by atoms with E-state index in [4.69, 9.17) is 4.74 Å². The average Bonchev–Trinajstić information content (AvgIpc) is 2.74. The summed E-state index contributed by atoms with van der Waals surface area (Å²) in [7, 11) is 0. The van der Waals surface area contributed by atoms with E-state index in [2.05, 4.69) is 36.3 Å². The first-order chi connectivity index (χ1) is 8.22. The highest BCUT2D eigenvalue weighted by atomic mass is 32.1. The Morgan fingerprint density at radius 3 is 2.76 bits per heavy atom. The Balaban J connectivity index is 2.17. The van der Waals surface area contributed by atoms with Crippen LogP contribution in [-0.4, -0.2) is 22.8 Å². The fourth-order valence-corrected chi connectivity index (χ4v) is 2.01. The van der Waals surface area contributed by atoms with Gasteiger partial charge in [0.05, 0.1) is 13.2 Å². The normalized spacial score (nSPS) is 11.1. The first-order valence-corrected chi connectivity index (χ1v) is 7.22. The van der Waals surface area contributed by atoms with E-state index in [-0.39, 0.29) is 0 Å². The van der Waals surface area contributed by atoms with Crippen LogP contribution in [0.4, 0.5) is 0 Å². The molecule has 4 nitrogen and oxygen atoms in total. The highest BCUT2D eigenvalue weighted by molar-refractivity contribution is 7.13. The van der Waals surface area contributed by atoms with E-state index in [1.807, 2.05) is 0 Å². The molecule has 0 atom stereocenters. The second-order valence-electron chi connectivity index (χ2n) is 4.41. The third-order valence-electron chi connectivity index (χ3n) is 2.33. The van der Waals surface area contributed by atoms with E-state index in [1.54, 1.807) is 0 Å². The van der Waals surface area contributed by atoms with Gasteiger partial charge < -0.3 is 10.1 Å². The molecule has 0 bridgehead atoms. The van der Waals surface area contributed by atoms with Gasteiger partial charge >= 0.3 is 0 Å². The molecule has 0 spiro atoms. The maximum absolute atomic E-state index is 5.56. The standard InChI is InChI=1S/C12H23N3OS/c1-4-5-6-7-8-16-12-15-14-11(17-12)9-13-10(2)3/h10,13H,4-9H2,1-3H3. The Morgan fingerprint density at radius 1 is 1.24 bits per heavy atom. The smallest absolute Gasteiger partial charge is 0.294 e. The minimum atomic E-state index is 0.470. The largest absolute Gasteiger partial charge is 0.469 e. The van der Waals surface area contributed by atoms with Gasteiger partial charge in [-0.1, -0.05) is 51.4 Å². The van der Waals surface area contributed by atoms with Crippen molar-refractivity contribution in [1.29, 1.82) is 0 Å². The fourth-order valence-electron chi connectivity index (χ4n) is 1.35. The van der Waals surface area contributed by atoms with Crippen LogP contribution in [0, 0.1) is 0 Å². The summed E-state index contributed by atoms with van der Waals surface area (Å²) < 4.78 is 5.56. The van der Waals surface area contributed by atoms with Gasteiger partial charge in [-0.3, -0.25) is 0 Å². The Labute approximate surface area is 108 Å². The number of nitrogens with zero attached hydrogens (tertiary/aromatic N) is 2. The van der Waals surface area contributed by atoms with Crippen LogP contribution in [0.3, 0.4) is 0 Å². The molecule has 0 radical (unpaired) electrons. The molecule has 0 amide bonds. The van der Waals surface area contributed by atoms with Crippen molar-refractivity contribution < 1.29 is 4.74 Å². The summed E-state index contributed by atoms with van der Waals surface area (Å²) in [6.45, 7) is 7.97. The fraction of sp³-hybridized carbons (Fsp3) is 0.833.